The SMILES string of the molecule is C=C(CCn1cc(-c2cnc(N)c(OC(F)(F)F)c2)nc1[C@@H](O)C(C)C)N1CCN(CCC)CC1. The molecule has 194 valence electrons. The molecule has 8 nitrogen and oxygen atoms in total. The van der Waals surface area contributed by atoms with E-state index < -0.39 is 18.2 Å². The van der Waals surface area contributed by atoms with E-state index in [0.29, 0.717) is 30.0 Å². The quantitative estimate of drug-likeness (QED) is 0.513. The van der Waals surface area contributed by atoms with E-state index in [9.17, 15) is 18.3 Å². The Labute approximate surface area is 204 Å². The van der Waals surface area contributed by atoms with Gasteiger partial charge in [-0.25, -0.2) is 9.97 Å². The number of nitrogens with zero attached hydrogens (tertiary/aromatic N) is 5. The van der Waals surface area contributed by atoms with Crippen molar-refractivity contribution in [3.8, 4) is 17.0 Å². The summed E-state index contributed by atoms with van der Waals surface area (Å²) in [5, 5.41) is 10.8. The van der Waals surface area contributed by atoms with Crippen LogP contribution < -0.4 is 10.5 Å². The first kappa shape index (κ1) is 26.8. The molecule has 2 aromatic heterocycles. The number of allylic oxidation sites excluding steroid dienone is 1. The van der Waals surface area contributed by atoms with Crippen molar-refractivity contribution in [2.75, 3.05) is 38.5 Å². The number of aromatic nitrogens is 3. The van der Waals surface area contributed by atoms with Gasteiger partial charge in [-0.1, -0.05) is 27.4 Å². The topological polar surface area (TPSA) is 92.7 Å². The third kappa shape index (κ3) is 7.11. The summed E-state index contributed by atoms with van der Waals surface area (Å²) in [6.07, 6.45) is -0.900. The minimum absolute atomic E-state index is 0.104. The number of aryl methyl sites for hydroxylation is 1. The number of imidazole rings is 1. The second-order valence-corrected chi connectivity index (χ2v) is 9.17. The van der Waals surface area contributed by atoms with Gasteiger partial charge < -0.3 is 25.0 Å². The number of nitrogens with two attached hydrogens (primary N) is 1. The molecule has 3 rings (SSSR count). The van der Waals surface area contributed by atoms with Gasteiger partial charge in [-0.2, -0.15) is 0 Å². The van der Waals surface area contributed by atoms with Crippen LogP contribution in [0.4, 0.5) is 19.0 Å². The third-order valence-corrected chi connectivity index (χ3v) is 6.11. The molecule has 1 atom stereocenters. The van der Waals surface area contributed by atoms with E-state index in [4.69, 9.17) is 5.73 Å². The summed E-state index contributed by atoms with van der Waals surface area (Å²) >= 11 is 0. The first-order chi connectivity index (χ1) is 16.5. The van der Waals surface area contributed by atoms with Crippen LogP contribution in [0.3, 0.4) is 0 Å². The molecule has 0 saturated carbocycles. The highest BCUT2D eigenvalue weighted by Crippen LogP contribution is 2.32. The molecular weight excluding hydrogens is 461 g/mol. The maximum atomic E-state index is 12.7. The highest BCUT2D eigenvalue weighted by Gasteiger charge is 2.32. The average Bonchev–Trinajstić information content (AvgIpc) is 3.22. The molecule has 1 saturated heterocycles. The molecule has 3 heterocycles. The standard InChI is InChI=1S/C24H35F3N6O2/c1-5-7-31-9-11-32(12-10-31)17(4)6-8-33-15-19(30-23(33)21(34)16(2)3)18-13-20(22(28)29-14-18)35-24(25,26)27/h13-16,21,34H,4-12H2,1-3H3,(H2,28,29)/t21-/m0/s1. The fourth-order valence-corrected chi connectivity index (χ4v) is 4.10. The van der Waals surface area contributed by atoms with Gasteiger partial charge in [0.25, 0.3) is 0 Å². The summed E-state index contributed by atoms with van der Waals surface area (Å²) in [5.41, 5.74) is 7.25. The Morgan fingerprint density at radius 3 is 2.51 bits per heavy atom. The van der Waals surface area contributed by atoms with Crippen molar-refractivity contribution in [3.05, 3.63) is 36.6 Å². The Morgan fingerprint density at radius 2 is 1.91 bits per heavy atom. The molecule has 0 radical (unpaired) electrons. The van der Waals surface area contributed by atoms with Crippen molar-refractivity contribution in [3.63, 3.8) is 0 Å². The van der Waals surface area contributed by atoms with Crippen LogP contribution in [-0.4, -0.2) is 68.5 Å². The third-order valence-electron chi connectivity index (χ3n) is 6.11. The first-order valence-electron chi connectivity index (χ1n) is 11.9. The van der Waals surface area contributed by atoms with E-state index in [2.05, 4.69) is 38.0 Å². The molecule has 0 aliphatic carbocycles. The molecule has 1 fully saturated rings. The van der Waals surface area contributed by atoms with Gasteiger partial charge >= 0.3 is 6.36 Å². The van der Waals surface area contributed by atoms with Crippen molar-refractivity contribution >= 4 is 5.82 Å². The molecule has 0 bridgehead atoms. The highest BCUT2D eigenvalue weighted by atomic mass is 19.4. The van der Waals surface area contributed by atoms with Gasteiger partial charge in [0, 0.05) is 62.8 Å². The molecule has 0 aromatic carbocycles. The van der Waals surface area contributed by atoms with E-state index >= 15 is 0 Å². The Balaban J connectivity index is 1.78. The number of anilines is 1. The minimum atomic E-state index is -4.89. The monoisotopic (exact) mass is 496 g/mol. The van der Waals surface area contributed by atoms with Crippen molar-refractivity contribution in [2.45, 2.75) is 52.6 Å². The second kappa shape index (κ2) is 11.3. The maximum absolute atomic E-state index is 12.7. The van der Waals surface area contributed by atoms with Gasteiger partial charge in [-0.05, 0) is 24.9 Å². The van der Waals surface area contributed by atoms with Crippen LogP contribution in [0.5, 0.6) is 5.75 Å². The van der Waals surface area contributed by atoms with Crippen LogP contribution in [-0.2, 0) is 6.54 Å². The number of rotatable bonds is 10. The molecule has 1 aliphatic heterocycles. The highest BCUT2D eigenvalue weighted by molar-refractivity contribution is 5.63. The van der Waals surface area contributed by atoms with Crippen molar-refractivity contribution in [1.29, 1.82) is 0 Å². The van der Waals surface area contributed by atoms with E-state index in [0.717, 1.165) is 50.9 Å². The predicted octanol–water partition coefficient (Wildman–Crippen LogP) is 4.05. The fraction of sp³-hybridized carbons (Fsp3) is 0.583. The number of aliphatic hydroxyl groups is 1. The predicted molar refractivity (Wildman–Crippen MR) is 128 cm³/mol. The summed E-state index contributed by atoms with van der Waals surface area (Å²) in [5.74, 6) is -0.632. The summed E-state index contributed by atoms with van der Waals surface area (Å²) in [4.78, 5) is 13.1. The van der Waals surface area contributed by atoms with Crippen LogP contribution in [0, 0.1) is 5.92 Å². The minimum Gasteiger partial charge on any atom is -0.402 e. The van der Waals surface area contributed by atoms with Crippen molar-refractivity contribution in [1.82, 2.24) is 24.3 Å². The lowest BCUT2D eigenvalue weighted by Crippen LogP contribution is -2.45. The van der Waals surface area contributed by atoms with Crippen LogP contribution >= 0.6 is 0 Å². The number of nitrogen functional groups attached to an aromatic ring is 1. The summed E-state index contributed by atoms with van der Waals surface area (Å²) < 4.78 is 44.0. The Hall–Kier alpha value is -2.79. The van der Waals surface area contributed by atoms with Crippen molar-refractivity contribution < 1.29 is 23.0 Å². The number of piperazine rings is 1. The molecule has 0 spiro atoms. The lowest BCUT2D eigenvalue weighted by atomic mass is 10.1. The van der Waals surface area contributed by atoms with Gasteiger partial charge in [-0.15, -0.1) is 13.2 Å². The summed E-state index contributed by atoms with van der Waals surface area (Å²) in [6.45, 7) is 15.7. The molecule has 0 amide bonds. The molecule has 1 aliphatic rings. The number of pyridine rings is 1. The summed E-state index contributed by atoms with van der Waals surface area (Å²) in [6, 6.07) is 1.16. The van der Waals surface area contributed by atoms with E-state index in [-0.39, 0.29) is 11.7 Å². The van der Waals surface area contributed by atoms with E-state index in [1.807, 2.05) is 18.4 Å². The average molecular weight is 497 g/mol. The molecule has 3 N–H and O–H groups in total. The lowest BCUT2D eigenvalue weighted by Gasteiger charge is -2.37. The number of aliphatic hydroxyl groups excluding tert-OH is 1. The normalized spacial score (nSPS) is 16.1. The van der Waals surface area contributed by atoms with Gasteiger partial charge in [0.2, 0.25) is 0 Å². The van der Waals surface area contributed by atoms with Crippen LogP contribution in [0.1, 0.15) is 45.5 Å². The molecular formula is C24H35F3N6O2. The molecule has 2 aromatic rings. The van der Waals surface area contributed by atoms with Crippen LogP contribution in [0.25, 0.3) is 11.3 Å². The zero-order valence-electron chi connectivity index (χ0n) is 20.6. The number of halogens is 3. The smallest absolute Gasteiger partial charge is 0.402 e. The van der Waals surface area contributed by atoms with Gasteiger partial charge in [0.05, 0.1) is 5.69 Å². The van der Waals surface area contributed by atoms with Crippen LogP contribution in [0.15, 0.2) is 30.7 Å². The van der Waals surface area contributed by atoms with E-state index in [1.165, 1.54) is 6.20 Å². The molecule has 11 heteroatoms. The maximum Gasteiger partial charge on any atom is 0.573 e. The zero-order chi connectivity index (χ0) is 25.8. The molecule has 0 unspecified atom stereocenters. The van der Waals surface area contributed by atoms with Gasteiger partial charge in [-0.3, -0.25) is 4.90 Å². The Morgan fingerprint density at radius 1 is 1.23 bits per heavy atom. The van der Waals surface area contributed by atoms with Crippen LogP contribution in [0.2, 0.25) is 0 Å². The van der Waals surface area contributed by atoms with Gasteiger partial charge in [0.15, 0.2) is 11.6 Å². The lowest BCUT2D eigenvalue weighted by molar-refractivity contribution is -0.274. The Bertz CT molecular complexity index is 1000. The van der Waals surface area contributed by atoms with Crippen molar-refractivity contribution in [2.24, 2.45) is 5.92 Å². The second-order valence-electron chi connectivity index (χ2n) is 9.17. The number of hydrogen-bond donors (Lipinski definition) is 2. The summed E-state index contributed by atoms with van der Waals surface area (Å²) in [7, 11) is 0. The number of ether oxygens (including phenoxy) is 1. The fourth-order valence-electron chi connectivity index (χ4n) is 4.10. The number of hydrogen-bond acceptors (Lipinski definition) is 7. The molecule has 35 heavy (non-hydrogen) atoms. The number of alkyl halides is 3. The van der Waals surface area contributed by atoms with Gasteiger partial charge in [0.1, 0.15) is 11.9 Å². The first-order valence-corrected chi connectivity index (χ1v) is 11.9. The zero-order valence-corrected chi connectivity index (χ0v) is 20.6. The van der Waals surface area contributed by atoms with E-state index in [1.54, 1.807) is 6.20 Å². The Kier molecular flexibility index (Phi) is 8.65. The largest absolute Gasteiger partial charge is 0.573 e.